The number of halogens is 2. The van der Waals surface area contributed by atoms with Crippen LogP contribution in [0, 0.1) is 0 Å². The highest BCUT2D eigenvalue weighted by molar-refractivity contribution is 9.10. The average molecular weight is 374 g/mol. The van der Waals surface area contributed by atoms with Crippen LogP contribution in [-0.2, 0) is 10.0 Å². The maximum atomic E-state index is 12.0. The molecule has 0 fully saturated rings. The number of hydrogen-bond donors (Lipinski definition) is 2. The highest BCUT2D eigenvalue weighted by atomic mass is 79.9. The number of nitrogens with one attached hydrogen (secondary N) is 1. The van der Waals surface area contributed by atoms with E-state index in [0.29, 0.717) is 23.2 Å². The summed E-state index contributed by atoms with van der Waals surface area (Å²) in [6.07, 6.45) is 0.594. The molecule has 1 rings (SSSR count). The molecule has 0 aliphatic carbocycles. The molecule has 0 heterocycles. The molecule has 0 amide bonds. The molecule has 0 aromatic heterocycles. The number of methoxy groups -OCH3 is 1. The highest BCUT2D eigenvalue weighted by Crippen LogP contribution is 2.27. The summed E-state index contributed by atoms with van der Waals surface area (Å²) in [6, 6.07) is 4.57. The second-order valence-electron chi connectivity index (χ2n) is 3.96. The zero-order valence-electron chi connectivity index (χ0n) is 10.7. The van der Waals surface area contributed by atoms with Crippen molar-refractivity contribution in [1.29, 1.82) is 0 Å². The smallest absolute Gasteiger partial charge is 0.240 e. The van der Waals surface area contributed by atoms with Crippen LogP contribution in [0.5, 0.6) is 5.75 Å². The van der Waals surface area contributed by atoms with E-state index in [1.54, 1.807) is 6.07 Å². The fraction of sp³-hybridized carbons (Fsp3) is 0.455. The largest absolute Gasteiger partial charge is 0.496 e. The molecular formula is C11H18BrClN2O3S. The average Bonchev–Trinajstić information content (AvgIpc) is 2.28. The van der Waals surface area contributed by atoms with Gasteiger partial charge in [0.1, 0.15) is 5.75 Å². The Labute approximate surface area is 128 Å². The lowest BCUT2D eigenvalue weighted by atomic mass is 10.3. The van der Waals surface area contributed by atoms with E-state index in [-0.39, 0.29) is 23.3 Å². The number of benzene rings is 1. The highest BCUT2D eigenvalue weighted by Gasteiger charge is 2.15. The number of rotatable bonds is 6. The Morgan fingerprint density at radius 3 is 2.58 bits per heavy atom. The first kappa shape index (κ1) is 18.7. The first-order valence-electron chi connectivity index (χ1n) is 5.45. The van der Waals surface area contributed by atoms with Gasteiger partial charge in [-0.3, -0.25) is 0 Å². The lowest BCUT2D eigenvalue weighted by molar-refractivity contribution is 0.411. The molecule has 3 N–H and O–H groups in total. The molecule has 0 aliphatic heterocycles. The zero-order chi connectivity index (χ0) is 13.8. The first-order valence-corrected chi connectivity index (χ1v) is 7.73. The SMILES string of the molecule is COc1ccc(S(=O)(=O)NCCC(C)N)cc1Br.Cl. The minimum atomic E-state index is -3.49. The van der Waals surface area contributed by atoms with Gasteiger partial charge in [0.2, 0.25) is 10.0 Å². The molecule has 1 aromatic rings. The van der Waals surface area contributed by atoms with E-state index in [9.17, 15) is 8.42 Å². The zero-order valence-corrected chi connectivity index (χ0v) is 13.9. The summed E-state index contributed by atoms with van der Waals surface area (Å²) in [7, 11) is -1.97. The van der Waals surface area contributed by atoms with Crippen LogP contribution in [-0.4, -0.2) is 28.1 Å². The Bertz CT molecular complexity index is 509. The molecule has 19 heavy (non-hydrogen) atoms. The minimum absolute atomic E-state index is 0. The van der Waals surface area contributed by atoms with Gasteiger partial charge < -0.3 is 10.5 Å². The Balaban J connectivity index is 0.00000324. The van der Waals surface area contributed by atoms with Crippen molar-refractivity contribution in [2.45, 2.75) is 24.3 Å². The number of ether oxygens (including phenoxy) is 1. The Morgan fingerprint density at radius 1 is 1.47 bits per heavy atom. The first-order chi connectivity index (χ1) is 8.36. The third-order valence-corrected chi connectivity index (χ3v) is 4.40. The molecule has 0 aliphatic rings. The van der Waals surface area contributed by atoms with Crippen molar-refractivity contribution in [2.75, 3.05) is 13.7 Å². The van der Waals surface area contributed by atoms with E-state index in [0.717, 1.165) is 0 Å². The molecule has 0 radical (unpaired) electrons. The summed E-state index contributed by atoms with van der Waals surface area (Å²) in [5, 5.41) is 0. The van der Waals surface area contributed by atoms with E-state index in [1.807, 2.05) is 6.92 Å². The van der Waals surface area contributed by atoms with Gasteiger partial charge in [0.15, 0.2) is 0 Å². The fourth-order valence-corrected chi connectivity index (χ4v) is 3.08. The van der Waals surface area contributed by atoms with Crippen LogP contribution in [0.2, 0.25) is 0 Å². The summed E-state index contributed by atoms with van der Waals surface area (Å²) in [4.78, 5) is 0.194. The van der Waals surface area contributed by atoms with Crippen LogP contribution in [0.1, 0.15) is 13.3 Å². The van der Waals surface area contributed by atoms with Crippen molar-refractivity contribution in [3.05, 3.63) is 22.7 Å². The molecule has 0 saturated heterocycles. The number of nitrogens with two attached hydrogens (primary N) is 1. The third-order valence-electron chi connectivity index (χ3n) is 2.33. The monoisotopic (exact) mass is 372 g/mol. The van der Waals surface area contributed by atoms with Gasteiger partial charge in [-0.15, -0.1) is 12.4 Å². The topological polar surface area (TPSA) is 81.4 Å². The molecule has 8 heteroatoms. The second-order valence-corrected chi connectivity index (χ2v) is 6.58. The van der Waals surface area contributed by atoms with E-state index in [2.05, 4.69) is 20.7 Å². The van der Waals surface area contributed by atoms with Crippen LogP contribution in [0.25, 0.3) is 0 Å². The van der Waals surface area contributed by atoms with E-state index >= 15 is 0 Å². The van der Waals surface area contributed by atoms with E-state index in [4.69, 9.17) is 10.5 Å². The number of hydrogen-bond acceptors (Lipinski definition) is 4. The third kappa shape index (κ3) is 5.66. The maximum absolute atomic E-state index is 12.0. The lowest BCUT2D eigenvalue weighted by Crippen LogP contribution is -2.29. The normalized spacial score (nSPS) is 12.6. The summed E-state index contributed by atoms with van der Waals surface area (Å²) < 4.78 is 32.0. The van der Waals surface area contributed by atoms with Gasteiger partial charge in [0.05, 0.1) is 16.5 Å². The van der Waals surface area contributed by atoms with Crippen molar-refractivity contribution in [3.8, 4) is 5.75 Å². The molecule has 1 unspecified atom stereocenters. The van der Waals surface area contributed by atoms with Crippen LogP contribution in [0.4, 0.5) is 0 Å². The maximum Gasteiger partial charge on any atom is 0.240 e. The second kappa shape index (κ2) is 8.06. The molecule has 1 atom stereocenters. The standard InChI is InChI=1S/C11H17BrN2O3S.ClH/c1-8(13)5-6-14-18(15,16)9-3-4-11(17-2)10(12)7-9;/h3-4,7-8,14H,5-6,13H2,1-2H3;1H. The molecular weight excluding hydrogens is 356 g/mol. The van der Waals surface area contributed by atoms with Crippen LogP contribution in [0.3, 0.4) is 0 Å². The fourth-order valence-electron chi connectivity index (χ4n) is 1.32. The van der Waals surface area contributed by atoms with E-state index < -0.39 is 10.0 Å². The van der Waals surface area contributed by atoms with Crippen molar-refractivity contribution >= 4 is 38.4 Å². The van der Waals surface area contributed by atoms with Gasteiger partial charge in [-0.2, -0.15) is 0 Å². The van der Waals surface area contributed by atoms with Gasteiger partial charge in [0, 0.05) is 12.6 Å². The summed E-state index contributed by atoms with van der Waals surface area (Å²) >= 11 is 3.25. The van der Waals surface area contributed by atoms with Crippen molar-refractivity contribution in [2.24, 2.45) is 5.73 Å². The summed E-state index contributed by atoms with van der Waals surface area (Å²) in [5.41, 5.74) is 5.56. The van der Waals surface area contributed by atoms with Gasteiger partial charge >= 0.3 is 0 Å². The summed E-state index contributed by atoms with van der Waals surface area (Å²) in [6.45, 7) is 2.15. The van der Waals surface area contributed by atoms with Gasteiger partial charge in [-0.1, -0.05) is 0 Å². The molecule has 0 saturated carbocycles. The predicted molar refractivity (Wildman–Crippen MR) is 81.4 cm³/mol. The van der Waals surface area contributed by atoms with Gasteiger partial charge in [-0.25, -0.2) is 13.1 Å². The molecule has 0 bridgehead atoms. The van der Waals surface area contributed by atoms with Crippen LogP contribution < -0.4 is 15.2 Å². The molecule has 5 nitrogen and oxygen atoms in total. The molecule has 0 spiro atoms. The predicted octanol–water partition coefficient (Wildman–Crippen LogP) is 1.90. The lowest BCUT2D eigenvalue weighted by Gasteiger charge is -2.10. The van der Waals surface area contributed by atoms with Crippen molar-refractivity contribution < 1.29 is 13.2 Å². The Hall–Kier alpha value is -0.340. The minimum Gasteiger partial charge on any atom is -0.496 e. The van der Waals surface area contributed by atoms with Crippen molar-refractivity contribution in [1.82, 2.24) is 4.72 Å². The summed E-state index contributed by atoms with van der Waals surface area (Å²) in [5.74, 6) is 0.588. The Kier molecular flexibility index (Phi) is 7.92. The molecule has 1 aromatic carbocycles. The Morgan fingerprint density at radius 2 is 2.11 bits per heavy atom. The van der Waals surface area contributed by atoms with Gasteiger partial charge in [0.25, 0.3) is 0 Å². The van der Waals surface area contributed by atoms with Gasteiger partial charge in [-0.05, 0) is 47.5 Å². The quantitative estimate of drug-likeness (QED) is 0.798. The molecule has 110 valence electrons. The van der Waals surface area contributed by atoms with Crippen LogP contribution >= 0.6 is 28.3 Å². The van der Waals surface area contributed by atoms with Crippen molar-refractivity contribution in [3.63, 3.8) is 0 Å². The van der Waals surface area contributed by atoms with E-state index in [1.165, 1.54) is 19.2 Å². The van der Waals surface area contributed by atoms with Crippen LogP contribution in [0.15, 0.2) is 27.6 Å². The number of sulfonamides is 1.